The minimum absolute atomic E-state index is 0.0858. The first kappa shape index (κ1) is 17.6. The summed E-state index contributed by atoms with van der Waals surface area (Å²) in [5.41, 5.74) is 1.21. The lowest BCUT2D eigenvalue weighted by molar-refractivity contribution is -0.144. The summed E-state index contributed by atoms with van der Waals surface area (Å²) in [6.45, 7) is 3.27. The van der Waals surface area contributed by atoms with Crippen molar-refractivity contribution in [2.24, 2.45) is 5.92 Å². The van der Waals surface area contributed by atoms with Crippen molar-refractivity contribution in [1.82, 2.24) is 5.32 Å². The number of carbonyl (C=O) groups is 1. The van der Waals surface area contributed by atoms with Crippen LogP contribution >= 0.6 is 0 Å². The van der Waals surface area contributed by atoms with Gasteiger partial charge in [-0.15, -0.1) is 0 Å². The molecule has 2 rings (SSSR count). The number of aryl methyl sites for hydroxylation is 1. The largest absolute Gasteiger partial charge is 0.493 e. The molecule has 128 valence electrons. The van der Waals surface area contributed by atoms with E-state index in [1.807, 2.05) is 19.1 Å². The summed E-state index contributed by atoms with van der Waals surface area (Å²) in [6.07, 6.45) is 3.49. The van der Waals surface area contributed by atoms with Crippen molar-refractivity contribution >= 4 is 5.97 Å². The monoisotopic (exact) mass is 321 g/mol. The van der Waals surface area contributed by atoms with Crippen molar-refractivity contribution in [1.29, 1.82) is 0 Å². The zero-order valence-corrected chi connectivity index (χ0v) is 14.3. The van der Waals surface area contributed by atoms with Gasteiger partial charge in [0.1, 0.15) is 0 Å². The van der Waals surface area contributed by atoms with Gasteiger partial charge >= 0.3 is 5.97 Å². The van der Waals surface area contributed by atoms with Crippen LogP contribution in [0.5, 0.6) is 11.5 Å². The summed E-state index contributed by atoms with van der Waals surface area (Å²) in [4.78, 5) is 11.7. The van der Waals surface area contributed by atoms with E-state index >= 15 is 0 Å². The Balaban J connectivity index is 1.90. The quantitative estimate of drug-likeness (QED) is 0.746. The number of carbonyl (C=O) groups excluding carboxylic acids is 1. The lowest BCUT2D eigenvalue weighted by Crippen LogP contribution is -2.29. The number of benzene rings is 1. The van der Waals surface area contributed by atoms with Gasteiger partial charge in [-0.2, -0.15) is 0 Å². The van der Waals surface area contributed by atoms with Crippen molar-refractivity contribution in [2.45, 2.75) is 38.6 Å². The first-order valence-electron chi connectivity index (χ1n) is 8.27. The maximum atomic E-state index is 11.7. The van der Waals surface area contributed by atoms with E-state index in [-0.39, 0.29) is 5.97 Å². The summed E-state index contributed by atoms with van der Waals surface area (Å²) < 4.78 is 15.7. The number of nitrogens with one attached hydrogen (secondary N) is 1. The highest BCUT2D eigenvalue weighted by Gasteiger charge is 2.28. The van der Waals surface area contributed by atoms with Crippen molar-refractivity contribution in [2.75, 3.05) is 27.4 Å². The molecule has 2 atom stereocenters. The van der Waals surface area contributed by atoms with E-state index < -0.39 is 0 Å². The molecule has 0 bridgehead atoms. The van der Waals surface area contributed by atoms with Gasteiger partial charge in [-0.05, 0) is 56.3 Å². The molecule has 0 saturated carbocycles. The SMILES string of the molecule is CCOC(=O)CC1CCNC1CCc1ccc(OC)c(OC)c1. The molecule has 0 aromatic heterocycles. The van der Waals surface area contributed by atoms with Gasteiger partial charge in [-0.25, -0.2) is 0 Å². The van der Waals surface area contributed by atoms with Crippen LogP contribution in [0, 0.1) is 5.92 Å². The fourth-order valence-corrected chi connectivity index (χ4v) is 3.20. The van der Waals surface area contributed by atoms with Gasteiger partial charge in [-0.3, -0.25) is 4.79 Å². The van der Waals surface area contributed by atoms with Crippen LogP contribution in [0.4, 0.5) is 0 Å². The Bertz CT molecular complexity index is 518. The molecular weight excluding hydrogens is 294 g/mol. The minimum Gasteiger partial charge on any atom is -0.493 e. The first-order chi connectivity index (χ1) is 11.2. The maximum Gasteiger partial charge on any atom is 0.306 e. The van der Waals surface area contributed by atoms with E-state index in [9.17, 15) is 4.79 Å². The molecule has 0 spiro atoms. The molecule has 1 aliphatic rings. The van der Waals surface area contributed by atoms with Gasteiger partial charge in [0.2, 0.25) is 0 Å². The van der Waals surface area contributed by atoms with Gasteiger partial charge in [0.15, 0.2) is 11.5 Å². The fourth-order valence-electron chi connectivity index (χ4n) is 3.20. The van der Waals surface area contributed by atoms with E-state index in [4.69, 9.17) is 14.2 Å². The molecule has 5 nitrogen and oxygen atoms in total. The second-order valence-electron chi connectivity index (χ2n) is 5.85. The summed E-state index contributed by atoms with van der Waals surface area (Å²) in [7, 11) is 3.29. The second-order valence-corrected chi connectivity index (χ2v) is 5.85. The Morgan fingerprint density at radius 1 is 1.26 bits per heavy atom. The summed E-state index contributed by atoms with van der Waals surface area (Å²) >= 11 is 0. The molecule has 1 aromatic carbocycles. The lowest BCUT2D eigenvalue weighted by atomic mass is 9.92. The van der Waals surface area contributed by atoms with E-state index in [0.717, 1.165) is 37.3 Å². The molecule has 1 heterocycles. The maximum absolute atomic E-state index is 11.7. The zero-order valence-electron chi connectivity index (χ0n) is 14.3. The number of esters is 1. The molecule has 0 amide bonds. The molecule has 23 heavy (non-hydrogen) atoms. The van der Waals surface area contributed by atoms with Gasteiger partial charge in [0, 0.05) is 12.5 Å². The average molecular weight is 321 g/mol. The summed E-state index contributed by atoms with van der Waals surface area (Å²) in [5.74, 6) is 1.79. The van der Waals surface area contributed by atoms with E-state index in [1.165, 1.54) is 5.56 Å². The third-order valence-corrected chi connectivity index (χ3v) is 4.42. The van der Waals surface area contributed by atoms with Crippen LogP contribution in [0.1, 0.15) is 31.7 Å². The predicted octanol–water partition coefficient (Wildman–Crippen LogP) is 2.57. The molecule has 0 aliphatic carbocycles. The molecule has 1 N–H and O–H groups in total. The lowest BCUT2D eigenvalue weighted by Gasteiger charge is -2.19. The molecule has 2 unspecified atom stereocenters. The van der Waals surface area contributed by atoms with Crippen LogP contribution in [0.25, 0.3) is 0 Å². The molecule has 1 saturated heterocycles. The van der Waals surface area contributed by atoms with Gasteiger partial charge in [0.25, 0.3) is 0 Å². The van der Waals surface area contributed by atoms with E-state index in [1.54, 1.807) is 14.2 Å². The Labute approximate surface area is 138 Å². The molecule has 0 radical (unpaired) electrons. The predicted molar refractivity (Wildman–Crippen MR) is 89.0 cm³/mol. The minimum atomic E-state index is -0.0858. The molecule has 1 fully saturated rings. The van der Waals surface area contributed by atoms with Crippen molar-refractivity contribution in [3.8, 4) is 11.5 Å². The number of hydrogen-bond acceptors (Lipinski definition) is 5. The average Bonchev–Trinajstić information content (AvgIpc) is 2.99. The Hall–Kier alpha value is -1.75. The Morgan fingerprint density at radius 2 is 2.04 bits per heavy atom. The fraction of sp³-hybridized carbons (Fsp3) is 0.611. The van der Waals surface area contributed by atoms with Crippen LogP contribution in [-0.2, 0) is 16.0 Å². The van der Waals surface area contributed by atoms with Crippen molar-refractivity contribution in [3.63, 3.8) is 0 Å². The van der Waals surface area contributed by atoms with Crippen molar-refractivity contribution in [3.05, 3.63) is 23.8 Å². The molecule has 1 aliphatic heterocycles. The zero-order chi connectivity index (χ0) is 16.7. The summed E-state index contributed by atoms with van der Waals surface area (Å²) in [6, 6.07) is 6.39. The van der Waals surface area contributed by atoms with Crippen LogP contribution in [-0.4, -0.2) is 39.4 Å². The van der Waals surface area contributed by atoms with Crippen LogP contribution in [0.15, 0.2) is 18.2 Å². The first-order valence-corrected chi connectivity index (χ1v) is 8.27. The highest BCUT2D eigenvalue weighted by molar-refractivity contribution is 5.69. The highest BCUT2D eigenvalue weighted by Crippen LogP contribution is 2.29. The molecule has 1 aromatic rings. The standard InChI is InChI=1S/C18H27NO4/c1-4-23-18(20)12-14-9-10-19-15(14)7-5-13-6-8-16(21-2)17(11-13)22-3/h6,8,11,14-15,19H,4-5,7,9-10,12H2,1-3H3. The summed E-state index contributed by atoms with van der Waals surface area (Å²) in [5, 5.41) is 3.51. The van der Waals surface area contributed by atoms with Gasteiger partial charge in [0.05, 0.1) is 20.8 Å². The molecule has 5 heteroatoms. The van der Waals surface area contributed by atoms with E-state index in [0.29, 0.717) is 25.0 Å². The van der Waals surface area contributed by atoms with Gasteiger partial charge in [-0.1, -0.05) is 6.07 Å². The third-order valence-electron chi connectivity index (χ3n) is 4.42. The molecular formula is C18H27NO4. The Kier molecular flexibility index (Phi) is 6.71. The number of ether oxygens (including phenoxy) is 3. The number of hydrogen-bond donors (Lipinski definition) is 1. The third kappa shape index (κ3) is 4.86. The van der Waals surface area contributed by atoms with Crippen molar-refractivity contribution < 1.29 is 19.0 Å². The highest BCUT2D eigenvalue weighted by atomic mass is 16.5. The Morgan fingerprint density at radius 3 is 2.74 bits per heavy atom. The second kappa shape index (κ2) is 8.77. The van der Waals surface area contributed by atoms with E-state index in [2.05, 4.69) is 11.4 Å². The van der Waals surface area contributed by atoms with Gasteiger partial charge < -0.3 is 19.5 Å². The topological polar surface area (TPSA) is 56.8 Å². The van der Waals surface area contributed by atoms with Crippen LogP contribution in [0.3, 0.4) is 0 Å². The number of rotatable bonds is 8. The number of methoxy groups -OCH3 is 2. The van der Waals surface area contributed by atoms with Crippen LogP contribution in [0.2, 0.25) is 0 Å². The normalized spacial score (nSPS) is 20.3. The van der Waals surface area contributed by atoms with Crippen LogP contribution < -0.4 is 14.8 Å². The smallest absolute Gasteiger partial charge is 0.306 e.